The van der Waals surface area contributed by atoms with Crippen LogP contribution in [0.1, 0.15) is 36.9 Å². The molecular formula is C21H20Cl2FN. The van der Waals surface area contributed by atoms with Gasteiger partial charge in [0.2, 0.25) is 0 Å². The van der Waals surface area contributed by atoms with E-state index in [0.717, 1.165) is 47.8 Å². The maximum atomic E-state index is 14.6. The lowest BCUT2D eigenvalue weighted by Gasteiger charge is -2.20. The predicted octanol–water partition coefficient (Wildman–Crippen LogP) is 6.78. The van der Waals surface area contributed by atoms with Crippen LogP contribution in [0.3, 0.4) is 0 Å². The highest BCUT2D eigenvalue weighted by atomic mass is 35.5. The molecule has 1 aromatic heterocycles. The first-order valence-electron chi connectivity index (χ1n) is 8.60. The van der Waals surface area contributed by atoms with Crippen molar-refractivity contribution in [1.29, 1.82) is 0 Å². The SMILES string of the molecule is Cl.Fc1ccccc1-c1c2c(nc3ccc(Cl)cc13)CCCCCC2. The van der Waals surface area contributed by atoms with E-state index in [0.29, 0.717) is 10.6 Å². The van der Waals surface area contributed by atoms with E-state index in [1.165, 1.54) is 24.5 Å². The molecule has 0 fully saturated rings. The number of fused-ring (bicyclic) bond motifs is 2. The lowest BCUT2D eigenvalue weighted by atomic mass is 9.88. The molecule has 1 nitrogen and oxygen atoms in total. The topological polar surface area (TPSA) is 12.9 Å². The van der Waals surface area contributed by atoms with Gasteiger partial charge < -0.3 is 0 Å². The second-order valence-electron chi connectivity index (χ2n) is 6.47. The van der Waals surface area contributed by atoms with Crippen LogP contribution in [-0.2, 0) is 12.8 Å². The monoisotopic (exact) mass is 375 g/mol. The normalized spacial score (nSPS) is 14.3. The molecule has 0 N–H and O–H groups in total. The zero-order valence-corrected chi connectivity index (χ0v) is 15.5. The van der Waals surface area contributed by atoms with Crippen molar-refractivity contribution in [3.05, 3.63) is 64.6 Å². The first-order valence-corrected chi connectivity index (χ1v) is 8.98. The van der Waals surface area contributed by atoms with Crippen LogP contribution in [0.5, 0.6) is 0 Å². The average molecular weight is 376 g/mol. The number of rotatable bonds is 1. The van der Waals surface area contributed by atoms with Crippen LogP contribution in [-0.4, -0.2) is 4.98 Å². The molecule has 4 rings (SSSR count). The van der Waals surface area contributed by atoms with Crippen LogP contribution < -0.4 is 0 Å². The summed E-state index contributed by atoms with van der Waals surface area (Å²) < 4.78 is 14.6. The lowest BCUT2D eigenvalue weighted by Crippen LogP contribution is -2.06. The Kier molecular flexibility index (Phi) is 5.61. The van der Waals surface area contributed by atoms with Crippen LogP contribution in [0.25, 0.3) is 22.0 Å². The number of halogens is 3. The van der Waals surface area contributed by atoms with Crippen molar-refractivity contribution in [3.63, 3.8) is 0 Å². The number of hydrogen-bond donors (Lipinski definition) is 0. The fourth-order valence-corrected chi connectivity index (χ4v) is 3.89. The summed E-state index contributed by atoms with van der Waals surface area (Å²) in [6, 6.07) is 12.7. The fraction of sp³-hybridized carbons (Fsp3) is 0.286. The van der Waals surface area contributed by atoms with Crippen LogP contribution in [0.4, 0.5) is 4.39 Å². The van der Waals surface area contributed by atoms with E-state index in [4.69, 9.17) is 16.6 Å². The van der Waals surface area contributed by atoms with Gasteiger partial charge in [-0.15, -0.1) is 12.4 Å². The van der Waals surface area contributed by atoms with Gasteiger partial charge in [-0.3, -0.25) is 4.98 Å². The highest BCUT2D eigenvalue weighted by molar-refractivity contribution is 6.31. The molecular weight excluding hydrogens is 356 g/mol. The number of pyridine rings is 1. The van der Waals surface area contributed by atoms with Gasteiger partial charge in [0.25, 0.3) is 0 Å². The van der Waals surface area contributed by atoms with Crippen molar-refractivity contribution < 1.29 is 4.39 Å². The highest BCUT2D eigenvalue weighted by Crippen LogP contribution is 2.37. The number of aryl methyl sites for hydroxylation is 1. The summed E-state index contributed by atoms with van der Waals surface area (Å²) >= 11 is 6.24. The maximum absolute atomic E-state index is 14.6. The Labute approximate surface area is 158 Å². The van der Waals surface area contributed by atoms with Crippen molar-refractivity contribution >= 4 is 34.9 Å². The standard InChI is InChI=1S/C21H19ClFN.ClH/c22-14-11-12-20-17(13-14)21(15-7-5-6-9-18(15)23)16-8-3-1-2-4-10-19(16)24-20;/h5-7,9,11-13H,1-4,8,10H2;1H. The molecule has 0 aliphatic heterocycles. The zero-order valence-electron chi connectivity index (χ0n) is 13.9. The van der Waals surface area contributed by atoms with E-state index in [-0.39, 0.29) is 18.2 Å². The molecule has 2 aromatic carbocycles. The summed E-state index contributed by atoms with van der Waals surface area (Å²) in [4.78, 5) is 4.89. The summed E-state index contributed by atoms with van der Waals surface area (Å²) in [7, 11) is 0. The van der Waals surface area contributed by atoms with Crippen molar-refractivity contribution in [2.24, 2.45) is 0 Å². The molecule has 1 heterocycles. The summed E-state index contributed by atoms with van der Waals surface area (Å²) in [5.41, 5.74) is 4.87. The summed E-state index contributed by atoms with van der Waals surface area (Å²) in [5.74, 6) is -0.186. The molecule has 1 aliphatic carbocycles. The Bertz CT molecular complexity index is 908. The number of benzene rings is 2. The Balaban J connectivity index is 0.00000182. The lowest BCUT2D eigenvalue weighted by molar-refractivity contribution is 0.609. The van der Waals surface area contributed by atoms with Gasteiger partial charge in [-0.1, -0.05) is 42.6 Å². The van der Waals surface area contributed by atoms with Crippen LogP contribution in [0.15, 0.2) is 42.5 Å². The predicted molar refractivity (Wildman–Crippen MR) is 105 cm³/mol. The molecule has 25 heavy (non-hydrogen) atoms. The molecule has 4 heteroatoms. The molecule has 3 aromatic rings. The molecule has 1 aliphatic rings. The zero-order chi connectivity index (χ0) is 16.5. The van der Waals surface area contributed by atoms with Crippen molar-refractivity contribution in [1.82, 2.24) is 4.98 Å². The Hall–Kier alpha value is -1.64. The largest absolute Gasteiger partial charge is 0.253 e. The molecule has 0 atom stereocenters. The van der Waals surface area contributed by atoms with Gasteiger partial charge in [0, 0.05) is 21.7 Å². The van der Waals surface area contributed by atoms with E-state index in [9.17, 15) is 4.39 Å². The molecule has 0 amide bonds. The summed E-state index contributed by atoms with van der Waals surface area (Å²) in [6.07, 6.45) is 6.67. The van der Waals surface area contributed by atoms with Crippen molar-refractivity contribution in [2.45, 2.75) is 38.5 Å². The minimum absolute atomic E-state index is 0. The minimum atomic E-state index is -0.186. The molecule has 0 saturated carbocycles. The number of nitrogens with zero attached hydrogens (tertiary/aromatic N) is 1. The Morgan fingerprint density at radius 3 is 2.48 bits per heavy atom. The molecule has 0 radical (unpaired) electrons. The van der Waals surface area contributed by atoms with Gasteiger partial charge in [-0.05, 0) is 61.1 Å². The molecule has 130 valence electrons. The van der Waals surface area contributed by atoms with Gasteiger partial charge >= 0.3 is 0 Å². The van der Waals surface area contributed by atoms with Gasteiger partial charge in [-0.25, -0.2) is 4.39 Å². The number of aromatic nitrogens is 1. The molecule has 0 unspecified atom stereocenters. The van der Waals surface area contributed by atoms with E-state index in [2.05, 4.69) is 0 Å². The third-order valence-electron chi connectivity index (χ3n) is 4.87. The van der Waals surface area contributed by atoms with Crippen LogP contribution >= 0.6 is 24.0 Å². The smallest absolute Gasteiger partial charge is 0.131 e. The van der Waals surface area contributed by atoms with Crippen molar-refractivity contribution in [2.75, 3.05) is 0 Å². The van der Waals surface area contributed by atoms with Crippen LogP contribution in [0, 0.1) is 5.82 Å². The van der Waals surface area contributed by atoms with E-state index in [1.54, 1.807) is 6.07 Å². The second kappa shape index (κ2) is 7.72. The van der Waals surface area contributed by atoms with Crippen LogP contribution in [0.2, 0.25) is 5.02 Å². The average Bonchev–Trinajstić information content (AvgIpc) is 2.56. The van der Waals surface area contributed by atoms with Gasteiger partial charge in [0.1, 0.15) is 5.82 Å². The first-order chi connectivity index (χ1) is 11.7. The molecule has 0 saturated heterocycles. The van der Waals surface area contributed by atoms with Gasteiger partial charge in [-0.2, -0.15) is 0 Å². The van der Waals surface area contributed by atoms with Gasteiger partial charge in [0.05, 0.1) is 5.52 Å². The van der Waals surface area contributed by atoms with E-state index < -0.39 is 0 Å². The summed E-state index contributed by atoms with van der Waals surface area (Å²) in [5, 5.41) is 1.61. The fourth-order valence-electron chi connectivity index (χ4n) is 3.72. The minimum Gasteiger partial charge on any atom is -0.253 e. The highest BCUT2D eigenvalue weighted by Gasteiger charge is 2.19. The Morgan fingerprint density at radius 1 is 0.920 bits per heavy atom. The second-order valence-corrected chi connectivity index (χ2v) is 6.90. The van der Waals surface area contributed by atoms with Gasteiger partial charge in [0.15, 0.2) is 0 Å². The number of hydrogen-bond acceptors (Lipinski definition) is 1. The van der Waals surface area contributed by atoms with Crippen molar-refractivity contribution in [3.8, 4) is 11.1 Å². The molecule has 0 spiro atoms. The van der Waals surface area contributed by atoms with E-state index in [1.807, 2.05) is 30.3 Å². The first kappa shape index (κ1) is 18.2. The molecule has 0 bridgehead atoms. The third-order valence-corrected chi connectivity index (χ3v) is 5.10. The maximum Gasteiger partial charge on any atom is 0.131 e. The summed E-state index contributed by atoms with van der Waals surface area (Å²) in [6.45, 7) is 0. The quantitative estimate of drug-likeness (QED) is 0.456. The third kappa shape index (κ3) is 3.51. The Morgan fingerprint density at radius 2 is 1.68 bits per heavy atom. The van der Waals surface area contributed by atoms with E-state index >= 15 is 0 Å².